The summed E-state index contributed by atoms with van der Waals surface area (Å²) >= 11 is 6.88. The third-order valence-corrected chi connectivity index (χ3v) is 6.75. The first-order valence-corrected chi connectivity index (χ1v) is 14.2. The van der Waals surface area contributed by atoms with E-state index in [1.807, 2.05) is 27.7 Å². The largest absolute Gasteiger partial charge is 0.490 e. The van der Waals surface area contributed by atoms with Crippen LogP contribution in [0, 0.1) is 5.92 Å². The minimum atomic E-state index is -0.610. The molecule has 2 aromatic rings. The van der Waals surface area contributed by atoms with Gasteiger partial charge in [0.15, 0.2) is 11.5 Å². The van der Waals surface area contributed by atoms with Gasteiger partial charge in [-0.15, -0.1) is 0 Å². The second kappa shape index (κ2) is 14.8. The van der Waals surface area contributed by atoms with Crippen LogP contribution >= 0.6 is 23.4 Å². The van der Waals surface area contributed by atoms with Gasteiger partial charge in [-0.1, -0.05) is 44.9 Å². The van der Waals surface area contributed by atoms with Gasteiger partial charge in [0.05, 0.1) is 35.3 Å². The van der Waals surface area contributed by atoms with E-state index < -0.39 is 29.6 Å². The number of anilines is 1. The van der Waals surface area contributed by atoms with Crippen LogP contribution in [0.5, 0.6) is 11.5 Å². The molecule has 0 aliphatic carbocycles. The normalized spacial score (nSPS) is 14.2. The topological polar surface area (TPSA) is 111 Å². The summed E-state index contributed by atoms with van der Waals surface area (Å²) in [7, 11) is 0. The SMILES string of the molecule is CCCCOC(=O)c1cc(NC(=O)CN2C(=O)S/C(=C\c3ccc(OCC(C)C)c(OCC)c3)C2=O)ccc1Cl. The highest BCUT2D eigenvalue weighted by Gasteiger charge is 2.36. The van der Waals surface area contributed by atoms with Crippen molar-refractivity contribution in [3.63, 3.8) is 0 Å². The summed E-state index contributed by atoms with van der Waals surface area (Å²) in [6.07, 6.45) is 3.17. The molecule has 0 atom stereocenters. The van der Waals surface area contributed by atoms with E-state index in [4.69, 9.17) is 25.8 Å². The van der Waals surface area contributed by atoms with Crippen molar-refractivity contribution in [2.24, 2.45) is 5.92 Å². The van der Waals surface area contributed by atoms with Crippen LogP contribution in [0.1, 0.15) is 56.5 Å². The van der Waals surface area contributed by atoms with E-state index >= 15 is 0 Å². The average Bonchev–Trinajstić information content (AvgIpc) is 3.16. The Bertz CT molecular complexity index is 1300. The van der Waals surface area contributed by atoms with Crippen molar-refractivity contribution in [2.45, 2.75) is 40.5 Å². The summed E-state index contributed by atoms with van der Waals surface area (Å²) in [5, 5.41) is 2.22. The maximum absolute atomic E-state index is 13.0. The number of rotatable bonds is 13. The number of hydrogen-bond acceptors (Lipinski definition) is 8. The van der Waals surface area contributed by atoms with E-state index in [9.17, 15) is 19.2 Å². The van der Waals surface area contributed by atoms with Crippen LogP contribution in [0.2, 0.25) is 5.02 Å². The first-order chi connectivity index (χ1) is 19.1. The number of esters is 1. The van der Waals surface area contributed by atoms with E-state index in [0.717, 1.165) is 29.5 Å². The molecule has 1 aliphatic heterocycles. The van der Waals surface area contributed by atoms with E-state index in [-0.39, 0.29) is 27.8 Å². The molecule has 1 fully saturated rings. The van der Waals surface area contributed by atoms with Crippen molar-refractivity contribution in [2.75, 3.05) is 31.7 Å². The predicted molar refractivity (Wildman–Crippen MR) is 156 cm³/mol. The molecule has 0 bridgehead atoms. The number of thioether (sulfide) groups is 1. The number of imide groups is 1. The highest BCUT2D eigenvalue weighted by atomic mass is 35.5. The molecule has 0 aromatic heterocycles. The molecule has 11 heteroatoms. The molecular weight excluding hydrogens is 556 g/mol. The Morgan fingerprint density at radius 1 is 1.07 bits per heavy atom. The molecule has 3 amide bonds. The molecule has 214 valence electrons. The smallest absolute Gasteiger partial charge is 0.339 e. The number of unbranched alkanes of at least 4 members (excludes halogenated alkanes) is 1. The Kier molecular flexibility index (Phi) is 11.5. The number of ether oxygens (including phenoxy) is 3. The predicted octanol–water partition coefficient (Wildman–Crippen LogP) is 6.41. The van der Waals surface area contributed by atoms with Crippen molar-refractivity contribution in [3.8, 4) is 11.5 Å². The quantitative estimate of drug-likeness (QED) is 0.162. The lowest BCUT2D eigenvalue weighted by Gasteiger charge is -2.14. The highest BCUT2D eigenvalue weighted by molar-refractivity contribution is 8.18. The lowest BCUT2D eigenvalue weighted by Crippen LogP contribution is -2.36. The molecule has 1 aliphatic rings. The summed E-state index contributed by atoms with van der Waals surface area (Å²) in [6.45, 7) is 8.66. The zero-order chi connectivity index (χ0) is 29.2. The molecular formula is C29H33ClN2O7S. The number of halogens is 1. The summed E-state index contributed by atoms with van der Waals surface area (Å²) in [5.74, 6) is -0.324. The van der Waals surface area contributed by atoms with Gasteiger partial charge in [0, 0.05) is 5.69 Å². The average molecular weight is 589 g/mol. The molecule has 1 N–H and O–H groups in total. The Hall–Kier alpha value is -3.50. The van der Waals surface area contributed by atoms with Gasteiger partial charge in [0.25, 0.3) is 11.1 Å². The minimum absolute atomic E-state index is 0.108. The lowest BCUT2D eigenvalue weighted by atomic mass is 10.1. The Morgan fingerprint density at radius 2 is 1.85 bits per heavy atom. The van der Waals surface area contributed by atoms with Crippen LogP contribution in [-0.4, -0.2) is 54.3 Å². The third kappa shape index (κ3) is 8.50. The molecule has 1 heterocycles. The molecule has 1 saturated heterocycles. The van der Waals surface area contributed by atoms with Crippen molar-refractivity contribution >= 4 is 58.1 Å². The van der Waals surface area contributed by atoms with Crippen molar-refractivity contribution in [1.29, 1.82) is 0 Å². The molecule has 40 heavy (non-hydrogen) atoms. The summed E-state index contributed by atoms with van der Waals surface area (Å²) in [4.78, 5) is 51.6. The number of carbonyl (C=O) groups is 4. The monoisotopic (exact) mass is 588 g/mol. The highest BCUT2D eigenvalue weighted by Crippen LogP contribution is 2.35. The van der Waals surface area contributed by atoms with Gasteiger partial charge in [-0.2, -0.15) is 0 Å². The molecule has 9 nitrogen and oxygen atoms in total. The van der Waals surface area contributed by atoms with Crippen LogP contribution in [0.25, 0.3) is 6.08 Å². The summed E-state index contributed by atoms with van der Waals surface area (Å²) in [5.41, 5.74) is 1.04. The van der Waals surface area contributed by atoms with E-state index in [1.165, 1.54) is 18.2 Å². The number of hydrogen-bond donors (Lipinski definition) is 1. The fourth-order valence-electron chi connectivity index (χ4n) is 3.54. The maximum Gasteiger partial charge on any atom is 0.339 e. The Morgan fingerprint density at radius 3 is 2.55 bits per heavy atom. The molecule has 3 rings (SSSR count). The molecule has 0 spiro atoms. The van der Waals surface area contributed by atoms with Crippen LogP contribution in [0.4, 0.5) is 10.5 Å². The molecule has 0 unspecified atom stereocenters. The molecule has 0 radical (unpaired) electrons. The number of nitrogens with one attached hydrogen (secondary N) is 1. The van der Waals surface area contributed by atoms with Crippen LogP contribution in [0.15, 0.2) is 41.3 Å². The zero-order valence-electron chi connectivity index (χ0n) is 23.0. The van der Waals surface area contributed by atoms with Crippen LogP contribution in [0.3, 0.4) is 0 Å². The van der Waals surface area contributed by atoms with Crippen molar-refractivity contribution in [3.05, 3.63) is 57.5 Å². The Labute approximate surface area is 243 Å². The third-order valence-electron chi connectivity index (χ3n) is 5.51. The van der Waals surface area contributed by atoms with E-state index in [2.05, 4.69) is 5.32 Å². The second-order valence-corrected chi connectivity index (χ2v) is 10.7. The summed E-state index contributed by atoms with van der Waals surface area (Å²) in [6, 6.07) is 9.65. The lowest BCUT2D eigenvalue weighted by molar-refractivity contribution is -0.127. The fourth-order valence-corrected chi connectivity index (χ4v) is 4.57. The molecule has 2 aromatic carbocycles. The van der Waals surface area contributed by atoms with Gasteiger partial charge in [-0.3, -0.25) is 19.3 Å². The number of carbonyl (C=O) groups excluding carboxylic acids is 4. The van der Waals surface area contributed by atoms with Crippen molar-refractivity contribution < 1.29 is 33.4 Å². The zero-order valence-corrected chi connectivity index (χ0v) is 24.5. The van der Waals surface area contributed by atoms with Gasteiger partial charge >= 0.3 is 5.97 Å². The van der Waals surface area contributed by atoms with Gasteiger partial charge in [0.2, 0.25) is 5.91 Å². The standard InChI is InChI=1S/C29H33ClN2O7S/c1-5-7-12-38-28(35)21-15-20(9-10-22(21)30)31-26(33)16-32-27(34)25(40-29(32)36)14-19-8-11-23(39-17-18(3)4)24(13-19)37-6-2/h8-11,13-15,18H,5-7,12,16-17H2,1-4H3,(H,31,33)/b25-14-. The minimum Gasteiger partial charge on any atom is -0.490 e. The van der Waals surface area contributed by atoms with Crippen molar-refractivity contribution in [1.82, 2.24) is 4.90 Å². The first kappa shape index (κ1) is 31.0. The van der Waals surface area contributed by atoms with E-state index in [0.29, 0.717) is 36.2 Å². The van der Waals surface area contributed by atoms with Crippen LogP contribution in [-0.2, 0) is 14.3 Å². The number of amides is 3. The number of nitrogens with zero attached hydrogens (tertiary/aromatic N) is 1. The molecule has 0 saturated carbocycles. The second-order valence-electron chi connectivity index (χ2n) is 9.34. The first-order valence-electron chi connectivity index (χ1n) is 13.0. The number of benzene rings is 2. The fraction of sp³-hybridized carbons (Fsp3) is 0.379. The maximum atomic E-state index is 13.0. The summed E-state index contributed by atoms with van der Waals surface area (Å²) < 4.78 is 16.7. The van der Waals surface area contributed by atoms with Gasteiger partial charge in [-0.25, -0.2) is 4.79 Å². The van der Waals surface area contributed by atoms with Gasteiger partial charge < -0.3 is 19.5 Å². The van der Waals surface area contributed by atoms with Gasteiger partial charge in [0.1, 0.15) is 6.54 Å². The van der Waals surface area contributed by atoms with Gasteiger partial charge in [-0.05, 0) is 73.0 Å². The Balaban J connectivity index is 1.68. The van der Waals surface area contributed by atoms with Crippen LogP contribution < -0.4 is 14.8 Å². The van der Waals surface area contributed by atoms with E-state index in [1.54, 1.807) is 24.3 Å².